The van der Waals surface area contributed by atoms with Crippen LogP contribution in [0.2, 0.25) is 0 Å². The molecule has 0 aromatic carbocycles. The van der Waals surface area contributed by atoms with Crippen molar-refractivity contribution in [3.63, 3.8) is 0 Å². The lowest BCUT2D eigenvalue weighted by molar-refractivity contribution is -0.0494. The molecule has 5 nitrogen and oxygen atoms in total. The van der Waals surface area contributed by atoms with E-state index in [1.165, 1.54) is 12.3 Å². The fourth-order valence-electron chi connectivity index (χ4n) is 4.21. The van der Waals surface area contributed by atoms with Crippen molar-refractivity contribution in [1.29, 1.82) is 0 Å². The van der Waals surface area contributed by atoms with Crippen LogP contribution in [-0.2, 0) is 0 Å². The second kappa shape index (κ2) is 6.10. The van der Waals surface area contributed by atoms with E-state index in [4.69, 9.17) is 5.73 Å². The van der Waals surface area contributed by atoms with Gasteiger partial charge in [0.1, 0.15) is 0 Å². The Balaban J connectivity index is 1.66. The first-order valence-corrected chi connectivity index (χ1v) is 8.84. The van der Waals surface area contributed by atoms with E-state index < -0.39 is 12.5 Å². The molecule has 0 amide bonds. The fourth-order valence-corrected chi connectivity index (χ4v) is 4.21. The monoisotopic (exact) mass is 384 g/mol. The Labute approximate surface area is 153 Å². The van der Waals surface area contributed by atoms with E-state index in [1.54, 1.807) is 0 Å². The van der Waals surface area contributed by atoms with E-state index in [0.29, 0.717) is 11.3 Å². The van der Waals surface area contributed by atoms with Crippen LogP contribution >= 0.6 is 0 Å². The standard InChI is InChI=1S/C18H20F4N4O/c1-8(2)26-13(15-10-5-18(21,22)6-11(10)15)4-12(25-26)9-3-14(27-17(19)20)16(23)24-7-9/h3-4,7-8,10-11,15,17H,5-6H2,1-2H3,(H2,23,24)/t10-,11+,15-. The normalized spacial score (nSPS) is 25.9. The summed E-state index contributed by atoms with van der Waals surface area (Å²) in [6, 6.07) is 3.24. The minimum absolute atomic E-state index is 0.0238. The molecule has 0 spiro atoms. The van der Waals surface area contributed by atoms with Gasteiger partial charge in [-0.05, 0) is 37.8 Å². The SMILES string of the molecule is CC(C)n1nc(-c2cnc(N)c(OC(F)F)c2)cc1[C@@H]1[C@@H]2CC(F)(F)C[C@@H]21. The maximum absolute atomic E-state index is 13.5. The Morgan fingerprint density at radius 2 is 1.89 bits per heavy atom. The number of ether oxygens (including phenoxy) is 1. The maximum atomic E-state index is 13.5. The lowest BCUT2D eigenvalue weighted by Gasteiger charge is -2.15. The van der Waals surface area contributed by atoms with Gasteiger partial charge in [-0.15, -0.1) is 0 Å². The Hall–Kier alpha value is -2.32. The summed E-state index contributed by atoms with van der Waals surface area (Å²) in [5.41, 5.74) is 7.49. The highest BCUT2D eigenvalue weighted by Gasteiger charge is 2.64. The molecular weight excluding hydrogens is 364 g/mol. The van der Waals surface area contributed by atoms with Gasteiger partial charge in [-0.2, -0.15) is 13.9 Å². The molecule has 146 valence electrons. The highest BCUT2D eigenvalue weighted by molar-refractivity contribution is 5.64. The van der Waals surface area contributed by atoms with Crippen molar-refractivity contribution >= 4 is 5.82 Å². The number of nitrogens with two attached hydrogens (primary N) is 1. The Kier molecular flexibility index (Phi) is 4.08. The topological polar surface area (TPSA) is 66.0 Å². The summed E-state index contributed by atoms with van der Waals surface area (Å²) in [5, 5.41) is 4.56. The molecule has 0 aliphatic heterocycles. The van der Waals surface area contributed by atoms with Crippen LogP contribution in [0.4, 0.5) is 23.4 Å². The average Bonchev–Trinajstić information content (AvgIpc) is 2.94. The minimum atomic E-state index is -3.01. The third-order valence-corrected chi connectivity index (χ3v) is 5.39. The molecule has 0 saturated heterocycles. The summed E-state index contributed by atoms with van der Waals surface area (Å²) in [5.74, 6) is -2.91. The summed E-state index contributed by atoms with van der Waals surface area (Å²) in [6.07, 6.45) is 1.26. The summed E-state index contributed by atoms with van der Waals surface area (Å²) in [6.45, 7) is 0.903. The van der Waals surface area contributed by atoms with E-state index in [0.717, 1.165) is 5.69 Å². The first-order valence-electron chi connectivity index (χ1n) is 8.84. The van der Waals surface area contributed by atoms with Gasteiger partial charge < -0.3 is 10.5 Å². The van der Waals surface area contributed by atoms with Gasteiger partial charge >= 0.3 is 6.61 Å². The number of aromatic nitrogens is 3. The van der Waals surface area contributed by atoms with E-state index in [-0.39, 0.29) is 48.2 Å². The van der Waals surface area contributed by atoms with Gasteiger partial charge in [0.25, 0.3) is 0 Å². The van der Waals surface area contributed by atoms with Gasteiger partial charge in [0.05, 0.1) is 5.69 Å². The molecule has 0 radical (unpaired) electrons. The molecule has 2 heterocycles. The second-order valence-electron chi connectivity index (χ2n) is 7.60. The number of rotatable bonds is 5. The van der Waals surface area contributed by atoms with Crippen LogP contribution in [0, 0.1) is 11.8 Å². The Bertz CT molecular complexity index is 853. The number of anilines is 1. The predicted molar refractivity (Wildman–Crippen MR) is 90.8 cm³/mol. The van der Waals surface area contributed by atoms with Gasteiger partial charge in [0, 0.05) is 42.3 Å². The number of nitrogen functional groups attached to an aromatic ring is 1. The molecule has 2 aliphatic rings. The van der Waals surface area contributed by atoms with Crippen LogP contribution in [-0.4, -0.2) is 27.3 Å². The predicted octanol–water partition coefficient (Wildman–Crippen LogP) is 4.47. The zero-order chi connectivity index (χ0) is 19.5. The van der Waals surface area contributed by atoms with Crippen molar-refractivity contribution in [2.45, 2.75) is 51.2 Å². The largest absolute Gasteiger partial charge is 0.431 e. The number of fused-ring (bicyclic) bond motifs is 1. The van der Waals surface area contributed by atoms with Crippen LogP contribution in [0.25, 0.3) is 11.3 Å². The maximum Gasteiger partial charge on any atom is 0.387 e. The first-order chi connectivity index (χ1) is 12.7. The molecule has 0 unspecified atom stereocenters. The number of hydrogen-bond donors (Lipinski definition) is 1. The van der Waals surface area contributed by atoms with E-state index in [9.17, 15) is 17.6 Å². The number of nitrogens with zero attached hydrogens (tertiary/aromatic N) is 3. The van der Waals surface area contributed by atoms with Crippen LogP contribution < -0.4 is 10.5 Å². The number of pyridine rings is 1. The van der Waals surface area contributed by atoms with E-state index >= 15 is 0 Å². The van der Waals surface area contributed by atoms with Crippen LogP contribution in [0.3, 0.4) is 0 Å². The summed E-state index contributed by atoms with van der Waals surface area (Å²) >= 11 is 0. The lowest BCUT2D eigenvalue weighted by atomic mass is 10.0. The summed E-state index contributed by atoms with van der Waals surface area (Å²) in [4.78, 5) is 3.90. The van der Waals surface area contributed by atoms with Crippen LogP contribution in [0.5, 0.6) is 5.75 Å². The highest BCUT2D eigenvalue weighted by atomic mass is 19.3. The molecule has 2 aliphatic carbocycles. The molecule has 3 atom stereocenters. The van der Waals surface area contributed by atoms with Gasteiger partial charge in [0.2, 0.25) is 5.92 Å². The third kappa shape index (κ3) is 3.23. The zero-order valence-corrected chi connectivity index (χ0v) is 14.9. The summed E-state index contributed by atoms with van der Waals surface area (Å²) in [7, 11) is 0. The van der Waals surface area contributed by atoms with E-state index in [1.807, 2.05) is 24.6 Å². The van der Waals surface area contributed by atoms with Crippen molar-refractivity contribution in [2.75, 3.05) is 5.73 Å². The highest BCUT2D eigenvalue weighted by Crippen LogP contribution is 2.67. The molecular formula is C18H20F4N4O. The van der Waals surface area contributed by atoms with Gasteiger partial charge in [-0.25, -0.2) is 13.8 Å². The van der Waals surface area contributed by atoms with Crippen molar-refractivity contribution in [1.82, 2.24) is 14.8 Å². The average molecular weight is 384 g/mol. The van der Waals surface area contributed by atoms with Gasteiger partial charge in [-0.1, -0.05) is 0 Å². The third-order valence-electron chi connectivity index (χ3n) is 5.39. The van der Waals surface area contributed by atoms with Crippen molar-refractivity contribution in [2.24, 2.45) is 11.8 Å². The molecule has 4 rings (SSSR count). The first kappa shape index (κ1) is 18.1. The number of halogens is 4. The molecule has 2 fully saturated rings. The Morgan fingerprint density at radius 1 is 1.22 bits per heavy atom. The van der Waals surface area contributed by atoms with Crippen LogP contribution in [0.1, 0.15) is 44.3 Å². The second-order valence-corrected chi connectivity index (χ2v) is 7.60. The molecule has 27 heavy (non-hydrogen) atoms. The van der Waals surface area contributed by atoms with Crippen molar-refractivity contribution in [3.8, 4) is 17.0 Å². The number of alkyl halides is 4. The van der Waals surface area contributed by atoms with Crippen LogP contribution in [0.15, 0.2) is 18.3 Å². The molecule has 2 saturated carbocycles. The minimum Gasteiger partial charge on any atom is -0.431 e. The smallest absolute Gasteiger partial charge is 0.387 e. The number of hydrogen-bond acceptors (Lipinski definition) is 4. The molecule has 2 aromatic rings. The molecule has 0 bridgehead atoms. The quantitative estimate of drug-likeness (QED) is 0.773. The van der Waals surface area contributed by atoms with Crippen molar-refractivity contribution in [3.05, 3.63) is 24.0 Å². The molecule has 2 N–H and O–H groups in total. The molecule has 9 heteroatoms. The van der Waals surface area contributed by atoms with Crippen molar-refractivity contribution < 1.29 is 22.3 Å². The summed E-state index contributed by atoms with van der Waals surface area (Å²) < 4.78 is 58.3. The Morgan fingerprint density at radius 3 is 2.48 bits per heavy atom. The van der Waals surface area contributed by atoms with E-state index in [2.05, 4.69) is 14.8 Å². The zero-order valence-electron chi connectivity index (χ0n) is 14.9. The van der Waals surface area contributed by atoms with Gasteiger partial charge in [-0.3, -0.25) is 4.68 Å². The lowest BCUT2D eigenvalue weighted by Crippen LogP contribution is -2.15. The fraction of sp³-hybridized carbons (Fsp3) is 0.556. The van der Waals surface area contributed by atoms with Gasteiger partial charge in [0.15, 0.2) is 11.6 Å². The molecule has 2 aromatic heterocycles.